The van der Waals surface area contributed by atoms with Crippen LogP contribution in [0.1, 0.15) is 38.5 Å². The van der Waals surface area contributed by atoms with Crippen LogP contribution >= 0.6 is 0 Å². The van der Waals surface area contributed by atoms with Gasteiger partial charge in [0.15, 0.2) is 0 Å². The molecule has 1 atom stereocenters. The van der Waals surface area contributed by atoms with Gasteiger partial charge in [-0.3, -0.25) is 0 Å². The molecule has 1 aliphatic rings. The molecule has 0 bridgehead atoms. The predicted molar refractivity (Wildman–Crippen MR) is 60.5 cm³/mol. The van der Waals surface area contributed by atoms with Gasteiger partial charge in [0.2, 0.25) is 0 Å². The van der Waals surface area contributed by atoms with Gasteiger partial charge in [-0.15, -0.1) is 6.58 Å². The lowest BCUT2D eigenvalue weighted by Gasteiger charge is -2.23. The van der Waals surface area contributed by atoms with E-state index in [4.69, 9.17) is 4.74 Å². The second kappa shape index (κ2) is 8.01. The summed E-state index contributed by atoms with van der Waals surface area (Å²) in [7, 11) is 0. The summed E-state index contributed by atoms with van der Waals surface area (Å²) in [6.07, 6.45) is 9.54. The molecule has 14 heavy (non-hydrogen) atoms. The Kier molecular flexibility index (Phi) is 6.71. The molecule has 1 rings (SSSR count). The Bertz CT molecular complexity index is 141. The molecule has 0 aromatic heterocycles. The Morgan fingerprint density at radius 1 is 1.36 bits per heavy atom. The number of unbranched alkanes of at least 4 members (excludes halogenated alkanes) is 3. The number of rotatable bonds is 7. The maximum Gasteiger partial charge on any atom is 0.0619 e. The monoisotopic (exact) mass is 197 g/mol. The second-order valence-corrected chi connectivity index (χ2v) is 4.01. The van der Waals surface area contributed by atoms with Gasteiger partial charge in [0.1, 0.15) is 0 Å². The highest BCUT2D eigenvalue weighted by molar-refractivity contribution is 4.70. The summed E-state index contributed by atoms with van der Waals surface area (Å²) >= 11 is 0. The second-order valence-electron chi connectivity index (χ2n) is 4.01. The minimum absolute atomic E-state index is 0.614. The van der Waals surface area contributed by atoms with Crippen LogP contribution in [0.2, 0.25) is 0 Å². The van der Waals surface area contributed by atoms with Crippen molar-refractivity contribution in [1.82, 2.24) is 5.32 Å². The molecule has 2 heteroatoms. The summed E-state index contributed by atoms with van der Waals surface area (Å²) in [5, 5.41) is 3.55. The first kappa shape index (κ1) is 11.7. The van der Waals surface area contributed by atoms with E-state index in [1.165, 1.54) is 32.1 Å². The zero-order valence-electron chi connectivity index (χ0n) is 9.13. The lowest BCUT2D eigenvalue weighted by atomic mass is 10.1. The zero-order chi connectivity index (χ0) is 10.1. The van der Waals surface area contributed by atoms with Crippen molar-refractivity contribution in [3.8, 4) is 0 Å². The fourth-order valence-electron chi connectivity index (χ4n) is 1.80. The van der Waals surface area contributed by atoms with Crippen LogP contribution in [0.4, 0.5) is 0 Å². The summed E-state index contributed by atoms with van der Waals surface area (Å²) in [4.78, 5) is 0. The molecule has 0 aromatic rings. The summed E-state index contributed by atoms with van der Waals surface area (Å²) in [6, 6.07) is 0.614. The summed E-state index contributed by atoms with van der Waals surface area (Å²) in [5.41, 5.74) is 0. The van der Waals surface area contributed by atoms with Crippen LogP contribution in [0, 0.1) is 0 Å². The molecule has 0 aliphatic carbocycles. The molecule has 0 amide bonds. The van der Waals surface area contributed by atoms with Crippen molar-refractivity contribution in [2.75, 3.05) is 19.8 Å². The summed E-state index contributed by atoms with van der Waals surface area (Å²) < 4.78 is 5.40. The van der Waals surface area contributed by atoms with Crippen LogP contribution in [0.15, 0.2) is 12.7 Å². The van der Waals surface area contributed by atoms with Crippen molar-refractivity contribution >= 4 is 0 Å². The largest absolute Gasteiger partial charge is 0.380 e. The number of hydrogen-bond acceptors (Lipinski definition) is 2. The molecule has 1 saturated heterocycles. The Hall–Kier alpha value is -0.340. The Balaban J connectivity index is 1.85. The third kappa shape index (κ3) is 5.40. The first-order valence-electron chi connectivity index (χ1n) is 5.85. The van der Waals surface area contributed by atoms with E-state index in [0.29, 0.717) is 6.04 Å². The lowest BCUT2D eigenvalue weighted by molar-refractivity contribution is 0.0704. The van der Waals surface area contributed by atoms with Gasteiger partial charge in [0.05, 0.1) is 6.61 Å². The number of nitrogens with one attached hydrogen (secondary N) is 1. The number of hydrogen-bond donors (Lipinski definition) is 1. The predicted octanol–water partition coefficient (Wildman–Crippen LogP) is 2.50. The minimum Gasteiger partial charge on any atom is -0.380 e. The molecular formula is C12H23NO. The van der Waals surface area contributed by atoms with Crippen molar-refractivity contribution in [1.29, 1.82) is 0 Å². The van der Waals surface area contributed by atoms with Crippen LogP contribution < -0.4 is 5.32 Å². The SMILES string of the molecule is C=CCCCCCNC1CCCOC1. The van der Waals surface area contributed by atoms with Gasteiger partial charge in [-0.25, -0.2) is 0 Å². The van der Waals surface area contributed by atoms with E-state index in [1.54, 1.807) is 0 Å². The quantitative estimate of drug-likeness (QED) is 0.500. The smallest absolute Gasteiger partial charge is 0.0619 e. The maximum absolute atomic E-state index is 5.40. The van der Waals surface area contributed by atoms with Crippen LogP contribution in [0.25, 0.3) is 0 Å². The lowest BCUT2D eigenvalue weighted by Crippen LogP contribution is -2.37. The van der Waals surface area contributed by atoms with Gasteiger partial charge in [0.25, 0.3) is 0 Å². The minimum atomic E-state index is 0.614. The molecule has 0 radical (unpaired) electrons. The molecule has 1 N–H and O–H groups in total. The fourth-order valence-corrected chi connectivity index (χ4v) is 1.80. The molecule has 1 heterocycles. The Morgan fingerprint density at radius 3 is 3.00 bits per heavy atom. The van der Waals surface area contributed by atoms with Crippen LogP contribution in [-0.2, 0) is 4.74 Å². The average molecular weight is 197 g/mol. The molecular weight excluding hydrogens is 174 g/mol. The molecule has 1 unspecified atom stereocenters. The van der Waals surface area contributed by atoms with Gasteiger partial charge < -0.3 is 10.1 Å². The van der Waals surface area contributed by atoms with Crippen molar-refractivity contribution < 1.29 is 4.74 Å². The standard InChI is InChI=1S/C12H23NO/c1-2-3-4-5-6-9-13-12-8-7-10-14-11-12/h2,12-13H,1,3-11H2. The highest BCUT2D eigenvalue weighted by Gasteiger charge is 2.11. The van der Waals surface area contributed by atoms with Crippen molar-refractivity contribution in [3.05, 3.63) is 12.7 Å². The van der Waals surface area contributed by atoms with E-state index in [2.05, 4.69) is 11.9 Å². The molecule has 82 valence electrons. The van der Waals surface area contributed by atoms with E-state index in [9.17, 15) is 0 Å². The Labute approximate surface area is 87.7 Å². The van der Waals surface area contributed by atoms with E-state index in [0.717, 1.165) is 26.2 Å². The molecule has 2 nitrogen and oxygen atoms in total. The zero-order valence-corrected chi connectivity index (χ0v) is 9.13. The molecule has 0 spiro atoms. The highest BCUT2D eigenvalue weighted by Crippen LogP contribution is 2.06. The van der Waals surface area contributed by atoms with E-state index in [1.807, 2.05) is 6.08 Å². The number of ether oxygens (including phenoxy) is 1. The first-order chi connectivity index (χ1) is 6.93. The van der Waals surface area contributed by atoms with Gasteiger partial charge in [-0.1, -0.05) is 12.5 Å². The van der Waals surface area contributed by atoms with E-state index >= 15 is 0 Å². The molecule has 0 saturated carbocycles. The van der Waals surface area contributed by atoms with Crippen LogP contribution in [0.5, 0.6) is 0 Å². The number of allylic oxidation sites excluding steroid dienone is 1. The first-order valence-corrected chi connectivity index (χ1v) is 5.85. The van der Waals surface area contributed by atoms with Crippen molar-refractivity contribution in [2.24, 2.45) is 0 Å². The topological polar surface area (TPSA) is 21.3 Å². The molecule has 1 aliphatic heterocycles. The Morgan fingerprint density at radius 2 is 2.29 bits per heavy atom. The summed E-state index contributed by atoms with van der Waals surface area (Å²) in [6.45, 7) is 6.73. The summed E-state index contributed by atoms with van der Waals surface area (Å²) in [5.74, 6) is 0. The third-order valence-corrected chi connectivity index (χ3v) is 2.68. The van der Waals surface area contributed by atoms with Crippen molar-refractivity contribution in [3.63, 3.8) is 0 Å². The molecule has 1 fully saturated rings. The van der Waals surface area contributed by atoms with Crippen LogP contribution in [0.3, 0.4) is 0 Å². The van der Waals surface area contributed by atoms with Gasteiger partial charge in [-0.2, -0.15) is 0 Å². The highest BCUT2D eigenvalue weighted by atomic mass is 16.5. The molecule has 0 aromatic carbocycles. The van der Waals surface area contributed by atoms with Gasteiger partial charge in [0, 0.05) is 12.6 Å². The third-order valence-electron chi connectivity index (χ3n) is 2.68. The van der Waals surface area contributed by atoms with E-state index < -0.39 is 0 Å². The van der Waals surface area contributed by atoms with Crippen molar-refractivity contribution in [2.45, 2.75) is 44.6 Å². The van der Waals surface area contributed by atoms with Gasteiger partial charge >= 0.3 is 0 Å². The normalized spacial score (nSPS) is 22.1. The fraction of sp³-hybridized carbons (Fsp3) is 0.833. The van der Waals surface area contributed by atoms with Gasteiger partial charge in [-0.05, 0) is 38.6 Å². The maximum atomic E-state index is 5.40. The van der Waals surface area contributed by atoms with E-state index in [-0.39, 0.29) is 0 Å². The average Bonchev–Trinajstić information content (AvgIpc) is 2.25. The van der Waals surface area contributed by atoms with Crippen LogP contribution in [-0.4, -0.2) is 25.8 Å².